The highest BCUT2D eigenvalue weighted by molar-refractivity contribution is 6.32. The third kappa shape index (κ3) is 2.77. The maximum absolute atomic E-state index is 15.3. The lowest BCUT2D eigenvalue weighted by atomic mass is 9.57. The number of nitrogens with zero attached hydrogens (tertiary/aromatic N) is 3. The Morgan fingerprint density at radius 1 is 0.698 bits per heavy atom. The van der Waals surface area contributed by atoms with E-state index in [0.717, 1.165) is 39.0 Å². The largest absolute Gasteiger partial charge is 0.464 e. The van der Waals surface area contributed by atoms with Gasteiger partial charge in [0.15, 0.2) is 11.6 Å². The highest BCUT2D eigenvalue weighted by atomic mass is 16.3. The number of ketones is 2. The van der Waals surface area contributed by atoms with E-state index in [4.69, 9.17) is 14.4 Å². The molecule has 3 heterocycles. The van der Waals surface area contributed by atoms with E-state index < -0.39 is 16.9 Å². The van der Waals surface area contributed by atoms with E-state index in [2.05, 4.69) is 4.90 Å². The molecule has 0 N–H and O–H groups in total. The minimum atomic E-state index is -1.54. The van der Waals surface area contributed by atoms with Gasteiger partial charge in [0.1, 0.15) is 16.7 Å². The van der Waals surface area contributed by atoms with E-state index in [9.17, 15) is 0 Å². The van der Waals surface area contributed by atoms with Crippen LogP contribution < -0.4 is 0 Å². The maximum Gasteiger partial charge on any atom is 0.180 e. The number of hydrogen-bond acceptors (Lipinski definition) is 6. The zero-order valence-electron chi connectivity index (χ0n) is 23.3. The number of carbonyl (C=O) groups excluding carboxylic acids is 2. The molecule has 4 aromatic carbocycles. The van der Waals surface area contributed by atoms with Gasteiger partial charge < -0.3 is 4.42 Å². The summed E-state index contributed by atoms with van der Waals surface area (Å²) >= 11 is 0. The Morgan fingerprint density at radius 3 is 2.00 bits per heavy atom. The van der Waals surface area contributed by atoms with Crippen molar-refractivity contribution >= 4 is 22.6 Å². The van der Waals surface area contributed by atoms with Crippen LogP contribution in [0.5, 0.6) is 0 Å². The van der Waals surface area contributed by atoms with Crippen molar-refractivity contribution in [3.8, 4) is 22.6 Å². The smallest absolute Gasteiger partial charge is 0.180 e. The van der Waals surface area contributed by atoms with Gasteiger partial charge >= 0.3 is 0 Å². The summed E-state index contributed by atoms with van der Waals surface area (Å²) in [5.41, 5.74) is 4.63. The first-order valence-electron chi connectivity index (χ1n) is 14.5. The first-order valence-corrected chi connectivity index (χ1v) is 14.5. The first-order chi connectivity index (χ1) is 21.1. The van der Waals surface area contributed by atoms with Crippen LogP contribution in [0.2, 0.25) is 0 Å². The Hall–Kier alpha value is -5.20. The van der Waals surface area contributed by atoms with Gasteiger partial charge in [0, 0.05) is 34.7 Å². The van der Waals surface area contributed by atoms with E-state index in [1.165, 1.54) is 0 Å². The van der Waals surface area contributed by atoms with Crippen molar-refractivity contribution in [2.24, 2.45) is 5.41 Å². The summed E-state index contributed by atoms with van der Waals surface area (Å²) in [4.78, 5) is 43.2. The number of likely N-dealkylation sites (N-methyl/N-ethyl adjacent to an activating group) is 1. The molecule has 43 heavy (non-hydrogen) atoms. The number of para-hydroxylation sites is 2. The highest BCUT2D eigenvalue weighted by Crippen LogP contribution is 2.69. The molecule has 9 rings (SSSR count). The van der Waals surface area contributed by atoms with Gasteiger partial charge in [0.05, 0.1) is 28.7 Å². The summed E-state index contributed by atoms with van der Waals surface area (Å²) < 4.78 is 5.89. The topological polar surface area (TPSA) is 76.3 Å². The quantitative estimate of drug-likeness (QED) is 0.215. The van der Waals surface area contributed by atoms with Crippen molar-refractivity contribution in [2.75, 3.05) is 13.6 Å². The van der Waals surface area contributed by atoms with Gasteiger partial charge in [0.25, 0.3) is 0 Å². The third-order valence-corrected chi connectivity index (χ3v) is 9.86. The number of hydrogen-bond donors (Lipinski definition) is 0. The molecule has 2 atom stereocenters. The lowest BCUT2D eigenvalue weighted by molar-refractivity contribution is 0.0462. The lowest BCUT2D eigenvalue weighted by Crippen LogP contribution is -2.56. The molecule has 0 amide bonds. The molecular weight excluding hydrogens is 534 g/mol. The van der Waals surface area contributed by atoms with Gasteiger partial charge in [-0.1, -0.05) is 84.9 Å². The summed E-state index contributed by atoms with van der Waals surface area (Å²) in [6, 6.07) is 34.9. The Bertz CT molecular complexity index is 2120. The molecule has 0 radical (unpaired) electrons. The zero-order chi connectivity index (χ0) is 28.9. The Kier molecular flexibility index (Phi) is 4.78. The van der Waals surface area contributed by atoms with Gasteiger partial charge in [-0.05, 0) is 42.4 Å². The van der Waals surface area contributed by atoms with Crippen LogP contribution in [0.1, 0.15) is 43.5 Å². The number of fused-ring (bicyclic) bond motifs is 8. The van der Waals surface area contributed by atoms with Crippen LogP contribution in [0.15, 0.2) is 120 Å². The summed E-state index contributed by atoms with van der Waals surface area (Å²) in [5, 5.41) is 0. The molecule has 2 spiro atoms. The fourth-order valence-corrected chi connectivity index (χ4v) is 8.30. The second-order valence-corrected chi connectivity index (χ2v) is 11.7. The molecule has 2 aliphatic carbocycles. The summed E-state index contributed by atoms with van der Waals surface area (Å²) in [5.74, 6) is -0.148. The Balaban J connectivity index is 1.44. The van der Waals surface area contributed by atoms with Gasteiger partial charge in [0.2, 0.25) is 0 Å². The molecule has 0 saturated carbocycles. The van der Waals surface area contributed by atoms with Crippen LogP contribution in [0.25, 0.3) is 33.6 Å². The van der Waals surface area contributed by atoms with E-state index >= 15 is 9.59 Å². The number of rotatable bonds is 2. The van der Waals surface area contributed by atoms with E-state index in [1.54, 1.807) is 18.4 Å². The number of likely N-dealkylation sites (tertiary alicyclic amines) is 1. The maximum atomic E-state index is 15.3. The molecule has 6 aromatic rings. The summed E-state index contributed by atoms with van der Waals surface area (Å²) in [6.07, 6.45) is 1.65. The monoisotopic (exact) mass is 559 g/mol. The van der Waals surface area contributed by atoms with Gasteiger partial charge in [-0.3, -0.25) is 14.5 Å². The number of furan rings is 1. The van der Waals surface area contributed by atoms with Crippen molar-refractivity contribution in [2.45, 2.75) is 11.5 Å². The van der Waals surface area contributed by atoms with Crippen molar-refractivity contribution in [1.29, 1.82) is 0 Å². The SMILES string of the molecule is CN1C[C@H](c2ccccc2-c2ccco2)C2(C(=O)c3ccccc3C2=O)[C@@]12c1ccccc1-c1nc3ccccc3nc12. The number of carbonyl (C=O) groups is 2. The van der Waals surface area contributed by atoms with Crippen LogP contribution >= 0.6 is 0 Å². The molecule has 1 saturated heterocycles. The van der Waals surface area contributed by atoms with Crippen molar-refractivity contribution < 1.29 is 14.0 Å². The van der Waals surface area contributed by atoms with Crippen LogP contribution in [-0.4, -0.2) is 40.0 Å². The minimum Gasteiger partial charge on any atom is -0.464 e. The van der Waals surface area contributed by atoms with E-state index in [-0.39, 0.29) is 11.6 Å². The van der Waals surface area contributed by atoms with Crippen molar-refractivity contribution in [3.63, 3.8) is 0 Å². The molecule has 1 fully saturated rings. The first kappa shape index (κ1) is 24.4. The molecule has 206 valence electrons. The molecule has 2 aromatic heterocycles. The van der Waals surface area contributed by atoms with Crippen molar-refractivity contribution in [3.05, 3.63) is 143 Å². The number of benzene rings is 4. The second-order valence-electron chi connectivity index (χ2n) is 11.7. The lowest BCUT2D eigenvalue weighted by Gasteiger charge is -2.44. The molecule has 6 heteroatoms. The summed E-state index contributed by atoms with van der Waals surface area (Å²) in [7, 11) is 2.02. The predicted octanol–water partition coefficient (Wildman–Crippen LogP) is 6.91. The predicted molar refractivity (Wildman–Crippen MR) is 163 cm³/mol. The Labute approximate surface area is 247 Å². The average Bonchev–Trinajstić information content (AvgIpc) is 3.80. The van der Waals surface area contributed by atoms with Crippen LogP contribution in [0, 0.1) is 5.41 Å². The molecule has 0 bridgehead atoms. The minimum absolute atomic E-state index is 0.172. The molecule has 6 nitrogen and oxygen atoms in total. The fourth-order valence-electron chi connectivity index (χ4n) is 8.30. The van der Waals surface area contributed by atoms with Gasteiger partial charge in [-0.25, -0.2) is 9.97 Å². The van der Waals surface area contributed by atoms with Gasteiger partial charge in [-0.2, -0.15) is 0 Å². The third-order valence-electron chi connectivity index (χ3n) is 9.86. The fraction of sp³-hybridized carbons (Fsp3) is 0.135. The zero-order valence-corrected chi connectivity index (χ0v) is 23.3. The normalized spacial score (nSPS) is 21.6. The molecule has 3 aliphatic rings. The average molecular weight is 560 g/mol. The Morgan fingerprint density at radius 2 is 1.30 bits per heavy atom. The van der Waals surface area contributed by atoms with E-state index in [1.807, 2.05) is 104 Å². The second kappa shape index (κ2) is 8.43. The molecule has 1 aliphatic heterocycles. The highest BCUT2D eigenvalue weighted by Gasteiger charge is 2.77. The molecule has 0 unspecified atom stereocenters. The summed E-state index contributed by atoms with van der Waals surface area (Å²) in [6.45, 7) is 0.450. The van der Waals surface area contributed by atoms with Crippen LogP contribution in [-0.2, 0) is 5.54 Å². The van der Waals surface area contributed by atoms with Crippen molar-refractivity contribution in [1.82, 2.24) is 14.9 Å². The number of aromatic nitrogens is 2. The van der Waals surface area contributed by atoms with E-state index in [0.29, 0.717) is 29.1 Å². The van der Waals surface area contributed by atoms with Crippen LogP contribution in [0.3, 0.4) is 0 Å². The number of Topliss-reactive ketones (excluding diaryl/α,β-unsaturated/α-hetero) is 2. The van der Waals surface area contributed by atoms with Crippen LogP contribution in [0.4, 0.5) is 0 Å². The standard InChI is InChI=1S/C37H25N3O3/c1-40-21-28(22-11-2-3-12-23(22)31-19-10-20-43-31)36(34(41)24-13-4-5-14-25(24)35(36)42)37(40)27-16-7-6-15-26(27)32-33(37)39-30-18-9-8-17-29(30)38-32/h2-20,28H,21H2,1H3/t28-,37+/m1/s1. The molecular formula is C37H25N3O3. The van der Waals surface area contributed by atoms with Gasteiger partial charge in [-0.15, -0.1) is 0 Å².